The molecule has 0 aliphatic heterocycles. The van der Waals surface area contributed by atoms with Gasteiger partial charge in [-0.05, 0) is 13.0 Å². The third-order valence-electron chi connectivity index (χ3n) is 1.84. The van der Waals surface area contributed by atoms with Crippen molar-refractivity contribution in [3.05, 3.63) is 34.1 Å². The van der Waals surface area contributed by atoms with Gasteiger partial charge in [-0.2, -0.15) is 0 Å². The van der Waals surface area contributed by atoms with E-state index in [4.69, 9.17) is 0 Å². The van der Waals surface area contributed by atoms with Gasteiger partial charge in [0.2, 0.25) is 0 Å². The molecule has 2 rings (SSSR count). The number of aromatic nitrogens is 2. The monoisotopic (exact) mass is 177 g/mol. The van der Waals surface area contributed by atoms with Gasteiger partial charge < -0.3 is 4.98 Å². The molecule has 0 fully saturated rings. The number of aromatic amines is 1. The molecule has 0 aliphatic rings. The lowest BCUT2D eigenvalue weighted by Crippen LogP contribution is -1.88. The Labute approximate surface area is 73.6 Å². The largest absolute Gasteiger partial charge is 0.343 e. The number of aryl methyl sites for hydroxylation is 1. The van der Waals surface area contributed by atoms with Crippen LogP contribution in [0.4, 0.5) is 5.69 Å². The van der Waals surface area contributed by atoms with Gasteiger partial charge in [0.1, 0.15) is 5.65 Å². The number of nitrogens with zero attached hydrogens (tertiary/aromatic N) is 2. The van der Waals surface area contributed by atoms with Crippen molar-refractivity contribution in [3.8, 4) is 0 Å². The lowest BCUT2D eigenvalue weighted by molar-refractivity contribution is -0.383. The van der Waals surface area contributed by atoms with Gasteiger partial charge in [0, 0.05) is 18.0 Å². The maximum atomic E-state index is 10.6. The van der Waals surface area contributed by atoms with Gasteiger partial charge >= 0.3 is 0 Å². The minimum atomic E-state index is -0.405. The molecule has 1 N–H and O–H groups in total. The molecule has 2 aromatic heterocycles. The van der Waals surface area contributed by atoms with Crippen LogP contribution < -0.4 is 0 Å². The number of H-pyrrole nitrogens is 1. The van der Waals surface area contributed by atoms with Gasteiger partial charge in [-0.3, -0.25) is 10.1 Å². The van der Waals surface area contributed by atoms with Crippen molar-refractivity contribution in [1.29, 1.82) is 0 Å². The molecule has 0 unspecified atom stereocenters. The first-order valence-electron chi connectivity index (χ1n) is 3.77. The first-order valence-corrected chi connectivity index (χ1v) is 3.77. The third-order valence-corrected chi connectivity index (χ3v) is 1.84. The molecular formula is C8H7N3O2. The van der Waals surface area contributed by atoms with E-state index in [2.05, 4.69) is 9.97 Å². The molecule has 0 saturated carbocycles. The molecule has 0 saturated heterocycles. The Balaban J connectivity index is 2.82. The van der Waals surface area contributed by atoms with Crippen molar-refractivity contribution in [3.63, 3.8) is 0 Å². The summed E-state index contributed by atoms with van der Waals surface area (Å²) < 4.78 is 0. The minimum Gasteiger partial charge on any atom is -0.343 e. The zero-order valence-corrected chi connectivity index (χ0v) is 6.94. The molecule has 0 amide bonds. The lowest BCUT2D eigenvalue weighted by Gasteiger charge is -1.90. The van der Waals surface area contributed by atoms with Crippen LogP contribution in [0.5, 0.6) is 0 Å². The molecule has 2 heterocycles. The number of pyridine rings is 1. The Hall–Kier alpha value is -1.91. The third kappa shape index (κ3) is 1.14. The SMILES string of the molecule is Cc1cc2c([N+](=O)[O-])ccnc2[nH]1. The highest BCUT2D eigenvalue weighted by atomic mass is 16.6. The highest BCUT2D eigenvalue weighted by molar-refractivity contribution is 5.86. The van der Waals surface area contributed by atoms with Gasteiger partial charge in [0.15, 0.2) is 0 Å². The van der Waals surface area contributed by atoms with Crippen LogP contribution in [0.25, 0.3) is 11.0 Å². The second-order valence-corrected chi connectivity index (χ2v) is 2.80. The van der Waals surface area contributed by atoms with E-state index in [9.17, 15) is 10.1 Å². The Morgan fingerprint density at radius 3 is 3.08 bits per heavy atom. The number of hydrogen-bond acceptors (Lipinski definition) is 3. The summed E-state index contributed by atoms with van der Waals surface area (Å²) in [4.78, 5) is 17.1. The van der Waals surface area contributed by atoms with Crippen molar-refractivity contribution in [2.24, 2.45) is 0 Å². The maximum absolute atomic E-state index is 10.6. The second kappa shape index (κ2) is 2.55. The molecular weight excluding hydrogens is 170 g/mol. The quantitative estimate of drug-likeness (QED) is 0.533. The number of nitro groups is 1. The summed E-state index contributed by atoms with van der Waals surface area (Å²) in [5.41, 5.74) is 1.53. The molecule has 0 atom stereocenters. The lowest BCUT2D eigenvalue weighted by atomic mass is 10.3. The van der Waals surface area contributed by atoms with E-state index in [0.717, 1.165) is 5.69 Å². The minimum absolute atomic E-state index is 0.0920. The summed E-state index contributed by atoms with van der Waals surface area (Å²) >= 11 is 0. The highest BCUT2D eigenvalue weighted by Crippen LogP contribution is 2.23. The van der Waals surface area contributed by atoms with Crippen LogP contribution in [0, 0.1) is 17.0 Å². The molecule has 0 aliphatic carbocycles. The Bertz CT molecular complexity index is 475. The average Bonchev–Trinajstić information content (AvgIpc) is 2.43. The second-order valence-electron chi connectivity index (χ2n) is 2.80. The van der Waals surface area contributed by atoms with Gasteiger partial charge in [-0.25, -0.2) is 4.98 Å². The Kier molecular flexibility index (Phi) is 1.51. The van der Waals surface area contributed by atoms with Crippen LogP contribution in [0.3, 0.4) is 0 Å². The van der Waals surface area contributed by atoms with E-state index >= 15 is 0 Å². The maximum Gasteiger partial charge on any atom is 0.281 e. The van der Waals surface area contributed by atoms with Crippen molar-refractivity contribution in [1.82, 2.24) is 9.97 Å². The number of nitrogens with one attached hydrogen (secondary N) is 1. The molecule has 0 spiro atoms. The fraction of sp³-hybridized carbons (Fsp3) is 0.125. The standard InChI is InChI=1S/C8H7N3O2/c1-5-4-6-7(11(12)13)2-3-9-8(6)10-5/h2-4H,1H3,(H,9,10). The molecule has 0 aromatic carbocycles. The number of rotatable bonds is 1. The van der Waals surface area contributed by atoms with Crippen LogP contribution in [0.1, 0.15) is 5.69 Å². The fourth-order valence-electron chi connectivity index (χ4n) is 1.30. The van der Waals surface area contributed by atoms with Crippen molar-refractivity contribution >= 4 is 16.7 Å². The highest BCUT2D eigenvalue weighted by Gasteiger charge is 2.12. The molecule has 0 radical (unpaired) electrons. The normalized spacial score (nSPS) is 10.5. The van der Waals surface area contributed by atoms with E-state index in [1.54, 1.807) is 6.07 Å². The van der Waals surface area contributed by atoms with Gasteiger partial charge in [0.05, 0.1) is 10.3 Å². The first kappa shape index (κ1) is 7.72. The molecule has 66 valence electrons. The molecule has 5 heteroatoms. The Morgan fingerprint density at radius 1 is 1.62 bits per heavy atom. The van der Waals surface area contributed by atoms with Gasteiger partial charge in [-0.1, -0.05) is 0 Å². The average molecular weight is 177 g/mol. The van der Waals surface area contributed by atoms with Crippen molar-refractivity contribution in [2.45, 2.75) is 6.92 Å². The fourth-order valence-corrected chi connectivity index (χ4v) is 1.30. The van der Waals surface area contributed by atoms with Gasteiger partial charge in [0.25, 0.3) is 5.69 Å². The van der Waals surface area contributed by atoms with E-state index in [1.165, 1.54) is 12.3 Å². The summed E-state index contributed by atoms with van der Waals surface area (Å²) in [5.74, 6) is 0. The molecule has 13 heavy (non-hydrogen) atoms. The predicted molar refractivity (Wildman–Crippen MR) is 47.5 cm³/mol. The molecule has 0 bridgehead atoms. The zero-order chi connectivity index (χ0) is 9.42. The summed E-state index contributed by atoms with van der Waals surface area (Å²) in [6.45, 7) is 1.84. The zero-order valence-electron chi connectivity index (χ0n) is 6.94. The van der Waals surface area contributed by atoms with E-state index in [0.29, 0.717) is 11.0 Å². The summed E-state index contributed by atoms with van der Waals surface area (Å²) in [5, 5.41) is 11.1. The topological polar surface area (TPSA) is 71.8 Å². The summed E-state index contributed by atoms with van der Waals surface area (Å²) in [6, 6.07) is 3.12. The van der Waals surface area contributed by atoms with Crippen LogP contribution >= 0.6 is 0 Å². The smallest absolute Gasteiger partial charge is 0.281 e. The van der Waals surface area contributed by atoms with Crippen LogP contribution in [0.15, 0.2) is 18.3 Å². The molecule has 2 aromatic rings. The van der Waals surface area contributed by atoms with Crippen molar-refractivity contribution in [2.75, 3.05) is 0 Å². The van der Waals surface area contributed by atoms with Crippen molar-refractivity contribution < 1.29 is 4.92 Å². The summed E-state index contributed by atoms with van der Waals surface area (Å²) in [6.07, 6.45) is 1.43. The predicted octanol–water partition coefficient (Wildman–Crippen LogP) is 1.78. The number of hydrogen-bond donors (Lipinski definition) is 1. The van der Waals surface area contributed by atoms with E-state index < -0.39 is 4.92 Å². The summed E-state index contributed by atoms with van der Waals surface area (Å²) in [7, 11) is 0. The Morgan fingerprint density at radius 2 is 2.38 bits per heavy atom. The van der Waals surface area contributed by atoms with Crippen LogP contribution in [-0.2, 0) is 0 Å². The first-order chi connectivity index (χ1) is 6.18. The van der Waals surface area contributed by atoms with E-state index in [1.807, 2.05) is 6.92 Å². The van der Waals surface area contributed by atoms with E-state index in [-0.39, 0.29) is 5.69 Å². The van der Waals surface area contributed by atoms with Gasteiger partial charge in [-0.15, -0.1) is 0 Å². The van der Waals surface area contributed by atoms with Crippen LogP contribution in [-0.4, -0.2) is 14.9 Å². The molecule has 5 nitrogen and oxygen atoms in total. The van der Waals surface area contributed by atoms with Crippen LogP contribution in [0.2, 0.25) is 0 Å². The number of fused-ring (bicyclic) bond motifs is 1.